The average molecular weight is 309 g/mol. The van der Waals surface area contributed by atoms with E-state index in [-0.39, 0.29) is 5.82 Å². The highest BCUT2D eigenvalue weighted by atomic mass is 35.5. The van der Waals surface area contributed by atoms with Gasteiger partial charge < -0.3 is 5.43 Å². The maximum atomic E-state index is 13.1. The van der Waals surface area contributed by atoms with Crippen molar-refractivity contribution in [1.29, 1.82) is 0 Å². The molecule has 0 saturated carbocycles. The number of rotatable bonds is 5. The van der Waals surface area contributed by atoms with Gasteiger partial charge in [-0.1, -0.05) is 31.5 Å². The largest absolute Gasteiger partial charge is 0.308 e. The number of hydrogen-bond acceptors (Lipinski definition) is 4. The van der Waals surface area contributed by atoms with Crippen LogP contribution >= 0.6 is 11.6 Å². The van der Waals surface area contributed by atoms with E-state index in [0.717, 1.165) is 17.7 Å². The molecule has 0 aliphatic rings. The molecule has 0 aliphatic carbocycles. The molecule has 0 spiro atoms. The number of halogens is 2. The van der Waals surface area contributed by atoms with Crippen molar-refractivity contribution in [2.75, 3.05) is 5.43 Å². The third-order valence-corrected chi connectivity index (χ3v) is 3.31. The molecule has 0 unspecified atom stereocenters. The summed E-state index contributed by atoms with van der Waals surface area (Å²) in [6, 6.07) is 6.14. The van der Waals surface area contributed by atoms with Gasteiger partial charge in [0.1, 0.15) is 17.5 Å². The number of hydrazine groups is 1. The van der Waals surface area contributed by atoms with Gasteiger partial charge in [-0.15, -0.1) is 0 Å². The van der Waals surface area contributed by atoms with Gasteiger partial charge in [0.25, 0.3) is 0 Å². The first kappa shape index (κ1) is 15.7. The molecule has 2 rings (SSSR count). The highest BCUT2D eigenvalue weighted by Crippen LogP contribution is 2.20. The van der Waals surface area contributed by atoms with Gasteiger partial charge in [-0.05, 0) is 30.0 Å². The smallest absolute Gasteiger partial charge is 0.143 e. The molecule has 0 radical (unpaired) electrons. The second-order valence-corrected chi connectivity index (χ2v) is 5.72. The van der Waals surface area contributed by atoms with E-state index >= 15 is 0 Å². The number of benzene rings is 1. The molecular weight excluding hydrogens is 291 g/mol. The fraction of sp³-hybridized carbons (Fsp3) is 0.333. The van der Waals surface area contributed by atoms with E-state index in [2.05, 4.69) is 29.2 Å². The molecule has 0 fully saturated rings. The molecule has 21 heavy (non-hydrogen) atoms. The van der Waals surface area contributed by atoms with Gasteiger partial charge in [-0.2, -0.15) is 0 Å². The summed E-state index contributed by atoms with van der Waals surface area (Å²) >= 11 is 6.04. The third kappa shape index (κ3) is 4.37. The first-order chi connectivity index (χ1) is 9.97. The van der Waals surface area contributed by atoms with Gasteiger partial charge in [-0.3, -0.25) is 0 Å². The van der Waals surface area contributed by atoms with Crippen LogP contribution in [0.5, 0.6) is 0 Å². The van der Waals surface area contributed by atoms with Crippen LogP contribution in [-0.4, -0.2) is 9.97 Å². The number of nitrogens with two attached hydrogens (primary N) is 1. The summed E-state index contributed by atoms with van der Waals surface area (Å²) in [6.07, 6.45) is 1.26. The van der Waals surface area contributed by atoms with E-state index in [1.165, 1.54) is 12.1 Å². The third-order valence-electron chi connectivity index (χ3n) is 2.95. The van der Waals surface area contributed by atoms with Crippen LogP contribution in [0.15, 0.2) is 24.3 Å². The lowest BCUT2D eigenvalue weighted by atomic mass is 10.1. The number of nitrogens with one attached hydrogen (secondary N) is 1. The van der Waals surface area contributed by atoms with Crippen LogP contribution < -0.4 is 11.3 Å². The van der Waals surface area contributed by atoms with Gasteiger partial charge in [0.2, 0.25) is 0 Å². The number of aromatic nitrogens is 2. The zero-order valence-electron chi connectivity index (χ0n) is 12.0. The number of anilines is 1. The zero-order chi connectivity index (χ0) is 15.4. The minimum absolute atomic E-state index is 0.359. The summed E-state index contributed by atoms with van der Waals surface area (Å²) in [6.45, 7) is 4.24. The van der Waals surface area contributed by atoms with Gasteiger partial charge in [0.05, 0.1) is 0 Å². The minimum atomic E-state index is -0.359. The number of nitrogen functional groups attached to an aromatic ring is 1. The Morgan fingerprint density at radius 1 is 1.29 bits per heavy atom. The maximum absolute atomic E-state index is 13.1. The molecule has 6 heteroatoms. The Balaban J connectivity index is 2.29. The molecule has 0 atom stereocenters. The molecule has 1 heterocycles. The lowest BCUT2D eigenvalue weighted by Gasteiger charge is -2.10. The molecular formula is C15H18ClFN4. The fourth-order valence-corrected chi connectivity index (χ4v) is 2.30. The van der Waals surface area contributed by atoms with Crippen LogP contribution in [0.3, 0.4) is 0 Å². The molecule has 1 aromatic heterocycles. The predicted octanol–water partition coefficient (Wildman–Crippen LogP) is 3.34. The van der Waals surface area contributed by atoms with E-state index in [1.54, 1.807) is 6.07 Å². The lowest BCUT2D eigenvalue weighted by molar-refractivity contribution is 0.626. The Bertz CT molecular complexity index is 631. The van der Waals surface area contributed by atoms with Crippen LogP contribution in [0.1, 0.15) is 30.9 Å². The second kappa shape index (κ2) is 6.83. The van der Waals surface area contributed by atoms with Crippen molar-refractivity contribution in [3.8, 4) is 0 Å². The van der Waals surface area contributed by atoms with E-state index < -0.39 is 0 Å². The van der Waals surface area contributed by atoms with Gasteiger partial charge in [0, 0.05) is 23.2 Å². The van der Waals surface area contributed by atoms with Crippen LogP contribution in [0, 0.1) is 11.7 Å². The summed E-state index contributed by atoms with van der Waals surface area (Å²) < 4.78 is 13.1. The van der Waals surface area contributed by atoms with E-state index in [1.807, 2.05) is 6.07 Å². The van der Waals surface area contributed by atoms with Crippen molar-refractivity contribution in [3.63, 3.8) is 0 Å². The summed E-state index contributed by atoms with van der Waals surface area (Å²) in [7, 11) is 0. The molecule has 112 valence electrons. The van der Waals surface area contributed by atoms with Gasteiger partial charge >= 0.3 is 0 Å². The van der Waals surface area contributed by atoms with Crippen molar-refractivity contribution in [2.24, 2.45) is 11.8 Å². The Morgan fingerprint density at radius 3 is 2.67 bits per heavy atom. The summed E-state index contributed by atoms with van der Waals surface area (Å²) in [5.74, 6) is 6.74. The molecule has 4 nitrogen and oxygen atoms in total. The topological polar surface area (TPSA) is 63.8 Å². The number of hydrogen-bond donors (Lipinski definition) is 2. The average Bonchev–Trinajstić information content (AvgIpc) is 2.41. The molecule has 0 amide bonds. The highest BCUT2D eigenvalue weighted by Gasteiger charge is 2.09. The molecule has 0 saturated heterocycles. The molecule has 0 bridgehead atoms. The van der Waals surface area contributed by atoms with Crippen LogP contribution in [0.25, 0.3) is 0 Å². The lowest BCUT2D eigenvalue weighted by Crippen LogP contribution is -2.12. The van der Waals surface area contributed by atoms with Crippen molar-refractivity contribution in [1.82, 2.24) is 9.97 Å². The Morgan fingerprint density at radius 2 is 2.05 bits per heavy atom. The monoisotopic (exact) mass is 308 g/mol. The standard InChI is InChI=1S/C15H18ClFN4/c1-9(2)5-12-8-15(21-18)20-14(19-12)6-10-3-4-11(17)7-13(10)16/h3-4,7-9H,5-6,18H2,1-2H3,(H,19,20,21). The number of nitrogens with zero attached hydrogens (tertiary/aromatic N) is 2. The SMILES string of the molecule is CC(C)Cc1cc(NN)nc(Cc2ccc(F)cc2Cl)n1. The Labute approximate surface area is 128 Å². The normalized spacial score (nSPS) is 11.0. The molecule has 1 aromatic carbocycles. The Kier molecular flexibility index (Phi) is 5.09. The minimum Gasteiger partial charge on any atom is -0.308 e. The maximum Gasteiger partial charge on any atom is 0.143 e. The van der Waals surface area contributed by atoms with Crippen molar-refractivity contribution in [2.45, 2.75) is 26.7 Å². The van der Waals surface area contributed by atoms with Gasteiger partial charge in [0.15, 0.2) is 0 Å². The quantitative estimate of drug-likeness (QED) is 0.657. The van der Waals surface area contributed by atoms with E-state index in [4.69, 9.17) is 17.4 Å². The second-order valence-electron chi connectivity index (χ2n) is 5.32. The van der Waals surface area contributed by atoms with Crippen LogP contribution in [-0.2, 0) is 12.8 Å². The summed E-state index contributed by atoms with van der Waals surface area (Å²) in [5, 5.41) is 0.370. The molecule has 0 aliphatic heterocycles. The predicted molar refractivity (Wildman–Crippen MR) is 82.6 cm³/mol. The Hall–Kier alpha value is -1.72. The van der Waals surface area contributed by atoms with Crippen molar-refractivity contribution >= 4 is 17.4 Å². The zero-order valence-corrected chi connectivity index (χ0v) is 12.8. The molecule has 3 N–H and O–H groups in total. The molecule has 2 aromatic rings. The fourth-order valence-electron chi connectivity index (χ4n) is 2.06. The summed E-state index contributed by atoms with van der Waals surface area (Å²) in [5.41, 5.74) is 4.24. The highest BCUT2D eigenvalue weighted by molar-refractivity contribution is 6.31. The van der Waals surface area contributed by atoms with E-state index in [0.29, 0.717) is 29.0 Å². The summed E-state index contributed by atoms with van der Waals surface area (Å²) in [4.78, 5) is 8.84. The first-order valence-electron chi connectivity index (χ1n) is 6.75. The first-order valence-corrected chi connectivity index (χ1v) is 7.13. The van der Waals surface area contributed by atoms with Gasteiger partial charge in [-0.25, -0.2) is 20.2 Å². The van der Waals surface area contributed by atoms with Crippen molar-refractivity contribution < 1.29 is 4.39 Å². The van der Waals surface area contributed by atoms with E-state index in [9.17, 15) is 4.39 Å². The van der Waals surface area contributed by atoms with Crippen LogP contribution in [0.2, 0.25) is 5.02 Å². The van der Waals surface area contributed by atoms with Crippen LogP contribution in [0.4, 0.5) is 10.2 Å². The van der Waals surface area contributed by atoms with Crippen molar-refractivity contribution in [3.05, 3.63) is 52.2 Å².